The van der Waals surface area contributed by atoms with Gasteiger partial charge in [0.1, 0.15) is 5.76 Å². The minimum Gasteiger partial charge on any atom is -0.360 e. The first-order valence-corrected chi connectivity index (χ1v) is 7.61. The Morgan fingerprint density at radius 3 is 3.10 bits per heavy atom. The molecule has 2 aromatic rings. The zero-order chi connectivity index (χ0) is 14.4. The highest BCUT2D eigenvalue weighted by molar-refractivity contribution is 6.07. The second-order valence-corrected chi connectivity index (χ2v) is 6.12. The highest BCUT2D eigenvalue weighted by Crippen LogP contribution is 2.32. The molecule has 0 saturated heterocycles. The van der Waals surface area contributed by atoms with Crippen molar-refractivity contribution in [2.45, 2.75) is 32.6 Å². The Hall–Kier alpha value is -2.10. The maximum absolute atomic E-state index is 12.9. The van der Waals surface area contributed by atoms with Crippen LogP contribution in [0.15, 0.2) is 28.8 Å². The molecule has 2 heterocycles. The molecule has 0 bridgehead atoms. The van der Waals surface area contributed by atoms with E-state index in [1.54, 1.807) is 0 Å². The number of amides is 1. The van der Waals surface area contributed by atoms with Crippen LogP contribution in [0.3, 0.4) is 0 Å². The number of fused-ring (bicyclic) bond motifs is 2. The van der Waals surface area contributed by atoms with Crippen molar-refractivity contribution in [3.05, 3.63) is 46.8 Å². The van der Waals surface area contributed by atoms with Crippen LogP contribution in [0, 0.1) is 5.92 Å². The van der Waals surface area contributed by atoms with Crippen LogP contribution in [-0.2, 0) is 19.3 Å². The first kappa shape index (κ1) is 12.6. The van der Waals surface area contributed by atoms with Crippen molar-refractivity contribution in [3.8, 4) is 0 Å². The quantitative estimate of drug-likeness (QED) is 0.807. The number of anilines is 1. The largest absolute Gasteiger partial charge is 0.360 e. The van der Waals surface area contributed by atoms with Crippen molar-refractivity contribution in [3.63, 3.8) is 0 Å². The van der Waals surface area contributed by atoms with Crippen LogP contribution >= 0.6 is 0 Å². The fourth-order valence-corrected chi connectivity index (χ4v) is 3.42. The summed E-state index contributed by atoms with van der Waals surface area (Å²) in [7, 11) is 0. The van der Waals surface area contributed by atoms with Crippen LogP contribution in [0.2, 0.25) is 0 Å². The molecule has 1 amide bonds. The number of benzene rings is 1. The minimum absolute atomic E-state index is 0.0148. The van der Waals surface area contributed by atoms with E-state index in [4.69, 9.17) is 4.52 Å². The van der Waals surface area contributed by atoms with E-state index in [0.29, 0.717) is 11.6 Å². The lowest BCUT2D eigenvalue weighted by Crippen LogP contribution is -2.30. The van der Waals surface area contributed by atoms with Crippen LogP contribution in [0.5, 0.6) is 0 Å². The van der Waals surface area contributed by atoms with Gasteiger partial charge in [0, 0.05) is 24.2 Å². The molecule has 108 valence electrons. The highest BCUT2D eigenvalue weighted by Gasteiger charge is 2.32. The second kappa shape index (κ2) is 4.72. The van der Waals surface area contributed by atoms with Gasteiger partial charge in [0.25, 0.3) is 5.91 Å². The average molecular weight is 282 g/mol. The van der Waals surface area contributed by atoms with E-state index in [2.05, 4.69) is 18.1 Å². The summed E-state index contributed by atoms with van der Waals surface area (Å²) in [5, 5.41) is 4.08. The topological polar surface area (TPSA) is 46.3 Å². The molecule has 0 fully saturated rings. The number of para-hydroxylation sites is 1. The van der Waals surface area contributed by atoms with E-state index >= 15 is 0 Å². The SMILES string of the molecule is C[C@@H]1CCc2onc(C(=O)N3CCc4ccccc43)c2C1. The molecular formula is C17H18N2O2. The summed E-state index contributed by atoms with van der Waals surface area (Å²) in [5.74, 6) is 1.48. The molecule has 2 aliphatic rings. The highest BCUT2D eigenvalue weighted by atomic mass is 16.5. The number of carbonyl (C=O) groups excluding carboxylic acids is 1. The number of aromatic nitrogens is 1. The maximum Gasteiger partial charge on any atom is 0.280 e. The molecule has 4 heteroatoms. The van der Waals surface area contributed by atoms with Gasteiger partial charge in [-0.3, -0.25) is 4.79 Å². The van der Waals surface area contributed by atoms with Gasteiger partial charge in [0.15, 0.2) is 5.69 Å². The number of carbonyl (C=O) groups is 1. The van der Waals surface area contributed by atoms with Crippen molar-refractivity contribution >= 4 is 11.6 Å². The predicted molar refractivity (Wildman–Crippen MR) is 79.5 cm³/mol. The average Bonchev–Trinajstić information content (AvgIpc) is 3.10. The Morgan fingerprint density at radius 2 is 2.19 bits per heavy atom. The van der Waals surface area contributed by atoms with E-state index in [1.807, 2.05) is 23.1 Å². The predicted octanol–water partition coefficient (Wildman–Crippen LogP) is 3.00. The third-order valence-corrected chi connectivity index (χ3v) is 4.62. The molecule has 1 aromatic heterocycles. The molecule has 1 atom stereocenters. The van der Waals surface area contributed by atoms with Gasteiger partial charge in [-0.05, 0) is 36.8 Å². The first-order valence-electron chi connectivity index (χ1n) is 7.61. The number of rotatable bonds is 1. The van der Waals surface area contributed by atoms with Crippen LogP contribution in [0.25, 0.3) is 0 Å². The zero-order valence-corrected chi connectivity index (χ0v) is 12.1. The summed E-state index contributed by atoms with van der Waals surface area (Å²) in [6.45, 7) is 2.95. The Kier molecular flexibility index (Phi) is 2.84. The fourth-order valence-electron chi connectivity index (χ4n) is 3.42. The Bertz CT molecular complexity index is 705. The summed E-state index contributed by atoms with van der Waals surface area (Å²) in [6.07, 6.45) is 3.82. The van der Waals surface area contributed by atoms with E-state index in [1.165, 1.54) is 5.56 Å². The molecule has 21 heavy (non-hydrogen) atoms. The molecule has 1 aliphatic carbocycles. The molecular weight excluding hydrogens is 264 g/mol. The van der Waals surface area contributed by atoms with E-state index in [0.717, 1.165) is 49.2 Å². The van der Waals surface area contributed by atoms with Gasteiger partial charge in [-0.15, -0.1) is 0 Å². The summed E-state index contributed by atoms with van der Waals surface area (Å²) in [5.41, 5.74) is 3.80. The van der Waals surface area contributed by atoms with Crippen molar-refractivity contribution in [2.75, 3.05) is 11.4 Å². The van der Waals surface area contributed by atoms with Crippen molar-refractivity contribution < 1.29 is 9.32 Å². The Balaban J connectivity index is 1.69. The Morgan fingerprint density at radius 1 is 1.33 bits per heavy atom. The van der Waals surface area contributed by atoms with E-state index in [-0.39, 0.29) is 5.91 Å². The lowest BCUT2D eigenvalue weighted by molar-refractivity contribution is 0.0980. The number of hydrogen-bond donors (Lipinski definition) is 0. The summed E-state index contributed by atoms with van der Waals surface area (Å²) >= 11 is 0. The Labute approximate surface area is 123 Å². The number of nitrogens with zero attached hydrogens (tertiary/aromatic N) is 2. The molecule has 0 unspecified atom stereocenters. The molecule has 0 spiro atoms. The second-order valence-electron chi connectivity index (χ2n) is 6.12. The van der Waals surface area contributed by atoms with E-state index < -0.39 is 0 Å². The zero-order valence-electron chi connectivity index (χ0n) is 12.1. The number of aryl methyl sites for hydroxylation is 1. The third kappa shape index (κ3) is 1.97. The first-order chi connectivity index (χ1) is 10.2. The maximum atomic E-state index is 12.9. The molecule has 0 saturated carbocycles. The molecule has 1 aromatic carbocycles. The monoisotopic (exact) mass is 282 g/mol. The standard InChI is InChI=1S/C17H18N2O2/c1-11-6-7-15-13(10-11)16(18-21-15)17(20)19-9-8-12-4-2-3-5-14(12)19/h2-5,11H,6-10H2,1H3/t11-/m1/s1. The molecule has 1 aliphatic heterocycles. The lowest BCUT2D eigenvalue weighted by atomic mass is 9.88. The summed E-state index contributed by atoms with van der Waals surface area (Å²) in [4.78, 5) is 14.7. The lowest BCUT2D eigenvalue weighted by Gasteiger charge is -2.19. The molecule has 4 nitrogen and oxygen atoms in total. The van der Waals surface area contributed by atoms with Crippen molar-refractivity contribution in [1.82, 2.24) is 5.16 Å². The van der Waals surface area contributed by atoms with Gasteiger partial charge < -0.3 is 9.42 Å². The molecule has 4 rings (SSSR count). The van der Waals surface area contributed by atoms with Gasteiger partial charge in [0.2, 0.25) is 0 Å². The normalized spacial score (nSPS) is 20.2. The summed E-state index contributed by atoms with van der Waals surface area (Å²) < 4.78 is 5.41. The van der Waals surface area contributed by atoms with Gasteiger partial charge in [-0.25, -0.2) is 0 Å². The van der Waals surface area contributed by atoms with Crippen LogP contribution in [0.1, 0.15) is 40.7 Å². The van der Waals surface area contributed by atoms with Crippen LogP contribution in [-0.4, -0.2) is 17.6 Å². The fraction of sp³-hybridized carbons (Fsp3) is 0.412. The van der Waals surface area contributed by atoms with Crippen molar-refractivity contribution in [1.29, 1.82) is 0 Å². The van der Waals surface area contributed by atoms with Crippen LogP contribution < -0.4 is 4.90 Å². The molecule has 0 N–H and O–H groups in total. The summed E-state index contributed by atoms with van der Waals surface area (Å²) in [6, 6.07) is 8.09. The number of hydrogen-bond acceptors (Lipinski definition) is 3. The minimum atomic E-state index is -0.0148. The molecule has 0 radical (unpaired) electrons. The van der Waals surface area contributed by atoms with Gasteiger partial charge in [-0.2, -0.15) is 0 Å². The van der Waals surface area contributed by atoms with Crippen LogP contribution in [0.4, 0.5) is 5.69 Å². The van der Waals surface area contributed by atoms with Gasteiger partial charge in [0.05, 0.1) is 0 Å². The van der Waals surface area contributed by atoms with Crippen molar-refractivity contribution in [2.24, 2.45) is 5.92 Å². The smallest absolute Gasteiger partial charge is 0.280 e. The van der Waals surface area contributed by atoms with E-state index in [9.17, 15) is 4.79 Å². The third-order valence-electron chi connectivity index (χ3n) is 4.62. The van der Waals surface area contributed by atoms with Gasteiger partial charge in [-0.1, -0.05) is 30.3 Å². The van der Waals surface area contributed by atoms with Gasteiger partial charge >= 0.3 is 0 Å².